The summed E-state index contributed by atoms with van der Waals surface area (Å²) in [5.41, 5.74) is 8.19. The molecule has 3 rings (SSSR count). The van der Waals surface area contributed by atoms with Crippen molar-refractivity contribution in [2.75, 3.05) is 19.6 Å². The Bertz CT molecular complexity index is 934. The van der Waals surface area contributed by atoms with E-state index in [0.29, 0.717) is 34.3 Å². The molecule has 1 fully saturated rings. The lowest BCUT2D eigenvalue weighted by Crippen LogP contribution is -2.39. The highest BCUT2D eigenvalue weighted by molar-refractivity contribution is 6.33. The van der Waals surface area contributed by atoms with E-state index in [1.807, 2.05) is 18.2 Å². The maximum Gasteiger partial charge on any atom is 0.266 e. The van der Waals surface area contributed by atoms with Gasteiger partial charge in [-0.05, 0) is 49.5 Å². The summed E-state index contributed by atoms with van der Waals surface area (Å²) in [6, 6.07) is 7.65. The standard InChI is InChI=1S/C22H27ClN6O/c1-15(2)12-26-28-22(30)17-7-6-16(14-29-8-4-3-5-9-29)10-18(17)21-19(23)13-25-20(11-24)27-21/h6-7,10,13,15,26H,3-5,8-9,12,14H2,1-2H3,(H,28,30). The first kappa shape index (κ1) is 22.2. The van der Waals surface area contributed by atoms with Crippen LogP contribution in [0.2, 0.25) is 5.02 Å². The first-order valence-corrected chi connectivity index (χ1v) is 10.7. The number of likely N-dealkylation sites (tertiary alicyclic amines) is 1. The molecular weight excluding hydrogens is 400 g/mol. The molecule has 1 saturated heterocycles. The highest BCUT2D eigenvalue weighted by Gasteiger charge is 2.19. The van der Waals surface area contributed by atoms with Crippen LogP contribution >= 0.6 is 11.6 Å². The predicted molar refractivity (Wildman–Crippen MR) is 117 cm³/mol. The van der Waals surface area contributed by atoms with Crippen molar-refractivity contribution in [3.05, 3.63) is 46.4 Å². The number of rotatable bonds is 7. The van der Waals surface area contributed by atoms with Gasteiger partial charge in [-0.1, -0.05) is 37.9 Å². The molecule has 0 spiro atoms. The summed E-state index contributed by atoms with van der Waals surface area (Å²) >= 11 is 6.36. The van der Waals surface area contributed by atoms with Gasteiger partial charge in [-0.25, -0.2) is 15.4 Å². The maximum absolute atomic E-state index is 12.9. The van der Waals surface area contributed by atoms with Crippen LogP contribution in [0, 0.1) is 17.2 Å². The fourth-order valence-corrected chi connectivity index (χ4v) is 3.66. The number of amides is 1. The van der Waals surface area contributed by atoms with Crippen molar-refractivity contribution in [1.82, 2.24) is 25.7 Å². The van der Waals surface area contributed by atoms with Gasteiger partial charge in [0, 0.05) is 18.7 Å². The summed E-state index contributed by atoms with van der Waals surface area (Å²) in [6.45, 7) is 7.72. The number of nitrogens with one attached hydrogen (secondary N) is 2. The van der Waals surface area contributed by atoms with Crippen molar-refractivity contribution < 1.29 is 4.79 Å². The van der Waals surface area contributed by atoms with Gasteiger partial charge in [0.15, 0.2) is 0 Å². The number of aromatic nitrogens is 2. The first-order chi connectivity index (χ1) is 14.5. The Morgan fingerprint density at radius 1 is 1.30 bits per heavy atom. The third-order valence-corrected chi connectivity index (χ3v) is 5.27. The molecule has 8 heteroatoms. The van der Waals surface area contributed by atoms with Crippen molar-refractivity contribution in [2.45, 2.75) is 39.7 Å². The number of halogens is 1. The van der Waals surface area contributed by atoms with E-state index < -0.39 is 0 Å². The fourth-order valence-electron chi connectivity index (χ4n) is 3.47. The fraction of sp³-hybridized carbons (Fsp3) is 0.455. The molecule has 2 heterocycles. The monoisotopic (exact) mass is 426 g/mol. The minimum atomic E-state index is -0.275. The van der Waals surface area contributed by atoms with Crippen LogP contribution in [-0.4, -0.2) is 40.4 Å². The number of benzene rings is 1. The molecule has 1 aromatic carbocycles. The van der Waals surface area contributed by atoms with Gasteiger partial charge >= 0.3 is 0 Å². The van der Waals surface area contributed by atoms with Crippen molar-refractivity contribution in [2.24, 2.45) is 5.92 Å². The minimum Gasteiger partial charge on any atom is -0.299 e. The molecule has 1 aliphatic heterocycles. The Hall–Kier alpha value is -2.53. The van der Waals surface area contributed by atoms with Gasteiger partial charge < -0.3 is 0 Å². The molecule has 0 bridgehead atoms. The second-order valence-corrected chi connectivity index (χ2v) is 8.35. The molecule has 2 N–H and O–H groups in total. The summed E-state index contributed by atoms with van der Waals surface area (Å²) in [5.74, 6) is 0.134. The van der Waals surface area contributed by atoms with Crippen LogP contribution in [0.4, 0.5) is 0 Å². The highest BCUT2D eigenvalue weighted by Crippen LogP contribution is 2.30. The zero-order chi connectivity index (χ0) is 21.5. The smallest absolute Gasteiger partial charge is 0.266 e. The molecule has 0 aliphatic carbocycles. The topological polar surface area (TPSA) is 93.9 Å². The first-order valence-electron chi connectivity index (χ1n) is 10.3. The number of nitriles is 1. The van der Waals surface area contributed by atoms with Gasteiger partial charge in [-0.2, -0.15) is 5.26 Å². The van der Waals surface area contributed by atoms with Crippen LogP contribution in [-0.2, 0) is 6.54 Å². The number of nitrogens with zero attached hydrogens (tertiary/aromatic N) is 4. The zero-order valence-electron chi connectivity index (χ0n) is 17.4. The van der Waals surface area contributed by atoms with Gasteiger partial charge in [-0.15, -0.1) is 0 Å². The summed E-state index contributed by atoms with van der Waals surface area (Å²) < 4.78 is 0. The lowest BCUT2D eigenvalue weighted by atomic mass is 9.99. The van der Waals surface area contributed by atoms with Crippen molar-refractivity contribution in [1.29, 1.82) is 5.26 Å². The van der Waals surface area contributed by atoms with E-state index in [2.05, 4.69) is 39.6 Å². The molecule has 1 aromatic heterocycles. The lowest BCUT2D eigenvalue weighted by molar-refractivity contribution is 0.0932. The van der Waals surface area contributed by atoms with E-state index in [9.17, 15) is 10.1 Å². The van der Waals surface area contributed by atoms with Crippen LogP contribution < -0.4 is 10.9 Å². The molecular formula is C22H27ClN6O. The van der Waals surface area contributed by atoms with E-state index in [1.165, 1.54) is 25.5 Å². The van der Waals surface area contributed by atoms with Crippen LogP contribution in [0.3, 0.4) is 0 Å². The second-order valence-electron chi connectivity index (χ2n) is 7.95. The number of hydrazine groups is 1. The lowest BCUT2D eigenvalue weighted by Gasteiger charge is -2.26. The predicted octanol–water partition coefficient (Wildman–Crippen LogP) is 3.54. The Labute approximate surface area is 182 Å². The second kappa shape index (κ2) is 10.5. The van der Waals surface area contributed by atoms with Gasteiger partial charge in [0.1, 0.15) is 6.07 Å². The molecule has 0 saturated carbocycles. The van der Waals surface area contributed by atoms with E-state index in [4.69, 9.17) is 11.6 Å². The van der Waals surface area contributed by atoms with Gasteiger partial charge in [-0.3, -0.25) is 15.1 Å². The third-order valence-electron chi connectivity index (χ3n) is 4.99. The largest absolute Gasteiger partial charge is 0.299 e. The normalized spacial score (nSPS) is 14.5. The summed E-state index contributed by atoms with van der Waals surface area (Å²) in [6.07, 6.45) is 5.09. The quantitative estimate of drug-likeness (QED) is 0.657. The molecule has 7 nitrogen and oxygen atoms in total. The number of carbonyl (C=O) groups is 1. The maximum atomic E-state index is 12.9. The molecule has 0 unspecified atom stereocenters. The number of piperidine rings is 1. The van der Waals surface area contributed by atoms with E-state index in [1.54, 1.807) is 6.07 Å². The minimum absolute atomic E-state index is 0.0140. The molecule has 1 amide bonds. The van der Waals surface area contributed by atoms with Gasteiger partial charge in [0.2, 0.25) is 5.82 Å². The Morgan fingerprint density at radius 2 is 2.07 bits per heavy atom. The average Bonchev–Trinajstić information content (AvgIpc) is 2.74. The molecule has 0 atom stereocenters. The molecule has 158 valence electrons. The van der Waals surface area contributed by atoms with Crippen LogP contribution in [0.1, 0.15) is 54.9 Å². The number of hydrogen-bond donors (Lipinski definition) is 2. The highest BCUT2D eigenvalue weighted by atomic mass is 35.5. The van der Waals surface area contributed by atoms with E-state index in [0.717, 1.165) is 25.2 Å². The van der Waals surface area contributed by atoms with Gasteiger partial charge in [0.25, 0.3) is 5.91 Å². The van der Waals surface area contributed by atoms with E-state index in [-0.39, 0.29) is 11.7 Å². The number of hydrogen-bond acceptors (Lipinski definition) is 6. The van der Waals surface area contributed by atoms with E-state index >= 15 is 0 Å². The van der Waals surface area contributed by atoms with Gasteiger partial charge in [0.05, 0.1) is 22.5 Å². The molecule has 1 aliphatic rings. The Morgan fingerprint density at radius 3 is 2.77 bits per heavy atom. The Balaban J connectivity index is 1.95. The average molecular weight is 427 g/mol. The zero-order valence-corrected chi connectivity index (χ0v) is 18.2. The summed E-state index contributed by atoms with van der Waals surface area (Å²) in [4.78, 5) is 23.5. The summed E-state index contributed by atoms with van der Waals surface area (Å²) in [7, 11) is 0. The summed E-state index contributed by atoms with van der Waals surface area (Å²) in [5, 5.41) is 9.50. The molecule has 0 radical (unpaired) electrons. The number of carbonyl (C=O) groups excluding carboxylic acids is 1. The molecule has 30 heavy (non-hydrogen) atoms. The third kappa shape index (κ3) is 5.76. The van der Waals surface area contributed by atoms with Crippen molar-refractivity contribution in [3.8, 4) is 17.3 Å². The van der Waals surface area contributed by atoms with Crippen LogP contribution in [0.5, 0.6) is 0 Å². The van der Waals surface area contributed by atoms with Crippen LogP contribution in [0.25, 0.3) is 11.3 Å². The molecule has 2 aromatic rings. The van der Waals surface area contributed by atoms with Crippen LogP contribution in [0.15, 0.2) is 24.4 Å². The SMILES string of the molecule is CC(C)CNNC(=O)c1ccc(CN2CCCCC2)cc1-c1nc(C#N)ncc1Cl. The van der Waals surface area contributed by atoms with Crippen molar-refractivity contribution >= 4 is 17.5 Å². The van der Waals surface area contributed by atoms with Crippen molar-refractivity contribution in [3.63, 3.8) is 0 Å². The Kier molecular flexibility index (Phi) is 7.75.